The van der Waals surface area contributed by atoms with Crippen molar-refractivity contribution in [1.29, 1.82) is 0 Å². The lowest BCUT2D eigenvalue weighted by molar-refractivity contribution is -0.116. The van der Waals surface area contributed by atoms with Gasteiger partial charge in [-0.2, -0.15) is 0 Å². The van der Waals surface area contributed by atoms with E-state index >= 15 is 0 Å². The lowest BCUT2D eigenvalue weighted by Gasteiger charge is -2.20. The topological polar surface area (TPSA) is 20.3 Å². The molecule has 1 rings (SSSR count). The van der Waals surface area contributed by atoms with Crippen LogP contribution in [0.4, 0.5) is 5.69 Å². The van der Waals surface area contributed by atoms with Gasteiger partial charge in [0.25, 0.3) is 0 Å². The van der Waals surface area contributed by atoms with Gasteiger partial charge in [0.05, 0.1) is 0 Å². The van der Waals surface area contributed by atoms with Crippen LogP contribution in [0.3, 0.4) is 0 Å². The summed E-state index contributed by atoms with van der Waals surface area (Å²) in [6.07, 6.45) is 0. The molecular formula is C11H13NO. The smallest absolute Gasteiger partial charge is 0.228 e. The summed E-state index contributed by atoms with van der Waals surface area (Å²) in [6.45, 7) is 7.10. The predicted octanol–water partition coefficient (Wildman–Crippen LogP) is 2.57. The summed E-state index contributed by atoms with van der Waals surface area (Å²) in [6, 6.07) is 9.48. The Morgan fingerprint density at radius 3 is 2.15 bits per heavy atom. The molecule has 0 bridgehead atoms. The van der Waals surface area contributed by atoms with Crippen LogP contribution in [-0.4, -0.2) is 5.91 Å². The zero-order valence-electron chi connectivity index (χ0n) is 7.95. The summed E-state index contributed by atoms with van der Waals surface area (Å²) in [4.78, 5) is 12.8. The number of amides is 1. The Bertz CT molecular complexity index is 302. The van der Waals surface area contributed by atoms with Gasteiger partial charge in [0, 0.05) is 18.3 Å². The summed E-state index contributed by atoms with van der Waals surface area (Å²) in [5, 5.41) is 0. The number of nitrogens with zero attached hydrogens (tertiary/aromatic N) is 1. The van der Waals surface area contributed by atoms with E-state index < -0.39 is 0 Å². The second-order valence-electron chi connectivity index (χ2n) is 2.93. The van der Waals surface area contributed by atoms with Crippen molar-refractivity contribution in [2.75, 3.05) is 4.90 Å². The van der Waals surface area contributed by atoms with Crippen molar-refractivity contribution in [1.82, 2.24) is 0 Å². The van der Waals surface area contributed by atoms with Gasteiger partial charge in [-0.3, -0.25) is 9.69 Å². The number of hydrogen-bond acceptors (Lipinski definition) is 1. The summed E-state index contributed by atoms with van der Waals surface area (Å²) < 4.78 is 0. The number of carbonyl (C=O) groups is 1. The minimum absolute atomic E-state index is 0.0151. The summed E-state index contributed by atoms with van der Waals surface area (Å²) in [7, 11) is 0. The summed E-state index contributed by atoms with van der Waals surface area (Å²) in [5.41, 5.74) is 1.60. The molecule has 0 saturated carbocycles. The molecule has 0 saturated heterocycles. The first-order chi connectivity index (χ1) is 6.13. The average molecular weight is 175 g/mol. The Balaban J connectivity index is 3.03. The molecule has 13 heavy (non-hydrogen) atoms. The zero-order chi connectivity index (χ0) is 9.84. The Kier molecular flexibility index (Phi) is 2.85. The quantitative estimate of drug-likeness (QED) is 0.676. The third-order valence-electron chi connectivity index (χ3n) is 1.71. The van der Waals surface area contributed by atoms with Crippen LogP contribution in [0.25, 0.3) is 0 Å². The van der Waals surface area contributed by atoms with Gasteiger partial charge in [0.15, 0.2) is 0 Å². The van der Waals surface area contributed by atoms with Crippen LogP contribution in [0.15, 0.2) is 42.6 Å². The van der Waals surface area contributed by atoms with Crippen molar-refractivity contribution in [2.45, 2.75) is 13.8 Å². The third-order valence-corrected chi connectivity index (χ3v) is 1.71. The van der Waals surface area contributed by atoms with E-state index in [-0.39, 0.29) is 5.91 Å². The molecule has 0 fully saturated rings. The molecule has 0 aromatic heterocycles. The second kappa shape index (κ2) is 3.90. The molecule has 0 atom stereocenters. The van der Waals surface area contributed by atoms with E-state index in [2.05, 4.69) is 6.58 Å². The van der Waals surface area contributed by atoms with Crippen LogP contribution in [0.2, 0.25) is 0 Å². The van der Waals surface area contributed by atoms with E-state index in [4.69, 9.17) is 0 Å². The normalized spacial score (nSPS) is 9.38. The highest BCUT2D eigenvalue weighted by Crippen LogP contribution is 2.17. The lowest BCUT2D eigenvalue weighted by Crippen LogP contribution is -2.25. The number of rotatable bonds is 2. The Morgan fingerprint density at radius 2 is 1.77 bits per heavy atom. The summed E-state index contributed by atoms with van der Waals surface area (Å²) in [5.74, 6) is -0.0151. The fraction of sp³-hybridized carbons (Fsp3) is 0.182. The van der Waals surface area contributed by atoms with E-state index in [1.807, 2.05) is 37.3 Å². The van der Waals surface area contributed by atoms with Crippen molar-refractivity contribution in [3.05, 3.63) is 42.6 Å². The molecule has 0 aliphatic rings. The van der Waals surface area contributed by atoms with Gasteiger partial charge < -0.3 is 0 Å². The molecule has 0 unspecified atom stereocenters. The van der Waals surface area contributed by atoms with Gasteiger partial charge >= 0.3 is 0 Å². The molecule has 0 aliphatic heterocycles. The average Bonchev–Trinajstić information content (AvgIpc) is 2.04. The molecule has 1 amide bonds. The Hall–Kier alpha value is -1.57. The molecule has 2 nitrogen and oxygen atoms in total. The first-order valence-corrected chi connectivity index (χ1v) is 4.14. The van der Waals surface area contributed by atoms with E-state index in [1.54, 1.807) is 4.90 Å². The van der Waals surface area contributed by atoms with Crippen LogP contribution < -0.4 is 4.90 Å². The molecule has 0 N–H and O–H groups in total. The van der Waals surface area contributed by atoms with Gasteiger partial charge in [-0.25, -0.2) is 0 Å². The highest BCUT2D eigenvalue weighted by Gasteiger charge is 2.10. The Morgan fingerprint density at radius 1 is 1.23 bits per heavy atom. The number of para-hydroxylation sites is 1. The van der Waals surface area contributed by atoms with Gasteiger partial charge in [0.1, 0.15) is 0 Å². The fourth-order valence-corrected chi connectivity index (χ4v) is 1.25. The number of benzene rings is 1. The largest absolute Gasteiger partial charge is 0.286 e. The van der Waals surface area contributed by atoms with E-state index in [1.165, 1.54) is 6.92 Å². The maximum absolute atomic E-state index is 11.3. The van der Waals surface area contributed by atoms with E-state index in [9.17, 15) is 4.79 Å². The minimum atomic E-state index is -0.0151. The lowest BCUT2D eigenvalue weighted by atomic mass is 10.2. The van der Waals surface area contributed by atoms with Gasteiger partial charge in [-0.15, -0.1) is 0 Å². The number of allylic oxidation sites excluding steroid dienone is 1. The second-order valence-corrected chi connectivity index (χ2v) is 2.93. The van der Waals surface area contributed by atoms with Crippen molar-refractivity contribution in [3.8, 4) is 0 Å². The van der Waals surface area contributed by atoms with E-state index in [0.29, 0.717) is 0 Å². The minimum Gasteiger partial charge on any atom is -0.286 e. The van der Waals surface area contributed by atoms with Gasteiger partial charge in [0.2, 0.25) is 5.91 Å². The van der Waals surface area contributed by atoms with Crippen molar-refractivity contribution >= 4 is 11.6 Å². The fourth-order valence-electron chi connectivity index (χ4n) is 1.25. The van der Waals surface area contributed by atoms with Crippen LogP contribution >= 0.6 is 0 Å². The molecule has 1 aromatic rings. The molecule has 0 radical (unpaired) electrons. The maximum Gasteiger partial charge on any atom is 0.228 e. The number of carbonyl (C=O) groups excluding carboxylic acids is 1. The molecular weight excluding hydrogens is 162 g/mol. The third kappa shape index (κ3) is 2.18. The van der Waals surface area contributed by atoms with Crippen molar-refractivity contribution in [3.63, 3.8) is 0 Å². The molecule has 0 aliphatic carbocycles. The highest BCUT2D eigenvalue weighted by molar-refractivity contribution is 5.94. The Labute approximate surface area is 78.5 Å². The zero-order valence-corrected chi connectivity index (χ0v) is 7.95. The first-order valence-electron chi connectivity index (χ1n) is 4.14. The van der Waals surface area contributed by atoms with Crippen LogP contribution in [0.1, 0.15) is 13.8 Å². The number of anilines is 1. The first kappa shape index (κ1) is 9.52. The van der Waals surface area contributed by atoms with Gasteiger partial charge in [-0.05, 0) is 19.1 Å². The van der Waals surface area contributed by atoms with E-state index in [0.717, 1.165) is 11.4 Å². The molecule has 1 aromatic carbocycles. The van der Waals surface area contributed by atoms with Crippen LogP contribution in [0, 0.1) is 0 Å². The predicted molar refractivity (Wildman–Crippen MR) is 54.4 cm³/mol. The summed E-state index contributed by atoms with van der Waals surface area (Å²) >= 11 is 0. The van der Waals surface area contributed by atoms with Crippen LogP contribution in [-0.2, 0) is 4.79 Å². The maximum atomic E-state index is 11.3. The van der Waals surface area contributed by atoms with Crippen LogP contribution in [0.5, 0.6) is 0 Å². The molecule has 2 heteroatoms. The van der Waals surface area contributed by atoms with Gasteiger partial charge in [-0.1, -0.05) is 24.8 Å². The standard InChI is InChI=1S/C11H13NO/c1-9(2)12(10(3)13)11-7-5-4-6-8-11/h4-8H,1H2,2-3H3. The number of hydrogen-bond donors (Lipinski definition) is 0. The SMILES string of the molecule is C=C(C)N(C(C)=O)c1ccccc1. The molecule has 0 spiro atoms. The van der Waals surface area contributed by atoms with Crippen molar-refractivity contribution in [2.24, 2.45) is 0 Å². The van der Waals surface area contributed by atoms with Crippen molar-refractivity contribution < 1.29 is 4.79 Å². The highest BCUT2D eigenvalue weighted by atomic mass is 16.2. The molecule has 68 valence electrons. The monoisotopic (exact) mass is 175 g/mol. The molecule has 0 heterocycles.